The minimum absolute atomic E-state index is 0.00797. The molecular formula is C14H18BrN5O3. The van der Waals surface area contributed by atoms with Crippen LogP contribution in [-0.4, -0.2) is 30.6 Å². The van der Waals surface area contributed by atoms with Gasteiger partial charge in [0.15, 0.2) is 15.9 Å². The molecule has 124 valence electrons. The number of hydrogen-bond acceptors (Lipinski definition) is 4. The van der Waals surface area contributed by atoms with Crippen LogP contribution in [0.4, 0.5) is 0 Å². The largest absolute Gasteiger partial charge is 0.352 e. The Morgan fingerprint density at radius 2 is 1.91 bits per heavy atom. The van der Waals surface area contributed by atoms with Gasteiger partial charge >= 0.3 is 5.69 Å². The lowest BCUT2D eigenvalue weighted by molar-refractivity contribution is -0.122. The van der Waals surface area contributed by atoms with Gasteiger partial charge in [0, 0.05) is 20.1 Å². The molecule has 1 N–H and O–H groups in total. The number of carbonyl (C=O) groups excluding carboxylic acids is 1. The highest BCUT2D eigenvalue weighted by Crippen LogP contribution is 2.19. The van der Waals surface area contributed by atoms with Gasteiger partial charge in [0.25, 0.3) is 5.56 Å². The van der Waals surface area contributed by atoms with Crippen molar-refractivity contribution in [2.75, 3.05) is 0 Å². The molecule has 0 spiro atoms. The van der Waals surface area contributed by atoms with Crippen molar-refractivity contribution in [3.8, 4) is 0 Å². The Balaban J connectivity index is 2.00. The minimum atomic E-state index is -0.473. The van der Waals surface area contributed by atoms with E-state index in [0.717, 1.165) is 30.3 Å². The third-order valence-corrected chi connectivity index (χ3v) is 4.92. The van der Waals surface area contributed by atoms with Crippen LogP contribution >= 0.6 is 15.9 Å². The Morgan fingerprint density at radius 1 is 1.26 bits per heavy atom. The number of rotatable bonds is 3. The number of nitrogens with zero attached hydrogens (tertiary/aromatic N) is 4. The molecule has 3 rings (SSSR count). The first kappa shape index (κ1) is 16.0. The molecular weight excluding hydrogens is 366 g/mol. The molecule has 1 aliphatic rings. The molecule has 0 saturated heterocycles. The molecule has 23 heavy (non-hydrogen) atoms. The summed E-state index contributed by atoms with van der Waals surface area (Å²) in [5.74, 6) is -0.148. The summed E-state index contributed by atoms with van der Waals surface area (Å²) in [7, 11) is 2.97. The number of hydrogen-bond donors (Lipinski definition) is 1. The molecule has 2 heterocycles. The van der Waals surface area contributed by atoms with Crippen LogP contribution in [0, 0.1) is 0 Å². The van der Waals surface area contributed by atoms with Gasteiger partial charge in [-0.15, -0.1) is 0 Å². The second-order valence-corrected chi connectivity index (χ2v) is 6.60. The van der Waals surface area contributed by atoms with Gasteiger partial charge in [0.2, 0.25) is 5.91 Å². The molecule has 9 heteroatoms. The zero-order chi connectivity index (χ0) is 16.7. The first-order valence-corrected chi connectivity index (χ1v) is 8.30. The number of fused-ring (bicyclic) bond motifs is 1. The van der Waals surface area contributed by atoms with Gasteiger partial charge < -0.3 is 5.32 Å². The summed E-state index contributed by atoms with van der Waals surface area (Å²) in [4.78, 5) is 40.7. The molecule has 2 aromatic heterocycles. The molecule has 0 unspecified atom stereocenters. The molecule has 2 aromatic rings. The van der Waals surface area contributed by atoms with Crippen LogP contribution in [0.2, 0.25) is 0 Å². The number of nitrogens with one attached hydrogen (secondary N) is 1. The van der Waals surface area contributed by atoms with Crippen LogP contribution in [0.5, 0.6) is 0 Å². The standard InChI is InChI=1S/C14H18BrN5O3/c1-18-11-10(12(22)19(2)14(18)23)17-13(15)20(11)7-9(21)16-8-5-3-4-6-8/h8H,3-7H2,1-2H3,(H,16,21). The van der Waals surface area contributed by atoms with E-state index in [1.165, 1.54) is 11.6 Å². The smallest absolute Gasteiger partial charge is 0.332 e. The highest BCUT2D eigenvalue weighted by Gasteiger charge is 2.21. The summed E-state index contributed by atoms with van der Waals surface area (Å²) in [6.45, 7) is 0.00797. The number of aromatic nitrogens is 4. The number of imidazole rings is 1. The molecule has 0 bridgehead atoms. The van der Waals surface area contributed by atoms with Crippen LogP contribution in [0.1, 0.15) is 25.7 Å². The molecule has 8 nitrogen and oxygen atoms in total. The lowest BCUT2D eigenvalue weighted by atomic mass is 10.2. The van der Waals surface area contributed by atoms with Crippen molar-refractivity contribution in [3.63, 3.8) is 0 Å². The topological polar surface area (TPSA) is 90.9 Å². The van der Waals surface area contributed by atoms with E-state index in [4.69, 9.17) is 0 Å². The van der Waals surface area contributed by atoms with Gasteiger partial charge in [-0.1, -0.05) is 12.8 Å². The van der Waals surface area contributed by atoms with Crippen LogP contribution in [0.25, 0.3) is 11.2 Å². The number of amides is 1. The Hall–Kier alpha value is -1.90. The highest BCUT2D eigenvalue weighted by molar-refractivity contribution is 9.10. The van der Waals surface area contributed by atoms with E-state index in [1.54, 1.807) is 11.6 Å². The first-order valence-electron chi connectivity index (χ1n) is 7.51. The fourth-order valence-electron chi connectivity index (χ4n) is 3.09. The number of carbonyl (C=O) groups is 1. The van der Waals surface area contributed by atoms with Crippen molar-refractivity contribution in [2.24, 2.45) is 14.1 Å². The van der Waals surface area contributed by atoms with Crippen LogP contribution in [0.15, 0.2) is 14.3 Å². The lowest BCUT2D eigenvalue weighted by Crippen LogP contribution is -2.38. The Kier molecular flexibility index (Phi) is 4.13. The Morgan fingerprint density at radius 3 is 2.57 bits per heavy atom. The molecule has 1 saturated carbocycles. The second-order valence-electron chi connectivity index (χ2n) is 5.89. The van der Waals surface area contributed by atoms with Gasteiger partial charge in [-0.05, 0) is 28.8 Å². The van der Waals surface area contributed by atoms with E-state index in [9.17, 15) is 14.4 Å². The van der Waals surface area contributed by atoms with E-state index in [2.05, 4.69) is 26.2 Å². The molecule has 1 aliphatic carbocycles. The van der Waals surface area contributed by atoms with E-state index < -0.39 is 11.2 Å². The Labute approximate surface area is 140 Å². The normalized spacial score (nSPS) is 15.4. The van der Waals surface area contributed by atoms with Crippen LogP contribution < -0.4 is 16.6 Å². The van der Waals surface area contributed by atoms with Crippen molar-refractivity contribution in [1.82, 2.24) is 24.0 Å². The maximum atomic E-state index is 12.3. The number of aryl methyl sites for hydroxylation is 1. The molecule has 0 aliphatic heterocycles. The predicted molar refractivity (Wildman–Crippen MR) is 88.3 cm³/mol. The van der Waals surface area contributed by atoms with Crippen molar-refractivity contribution in [3.05, 3.63) is 25.6 Å². The average Bonchev–Trinajstić information content (AvgIpc) is 3.12. The average molecular weight is 384 g/mol. The van der Waals surface area contributed by atoms with E-state index >= 15 is 0 Å². The quantitative estimate of drug-likeness (QED) is 0.769. The fourth-order valence-corrected chi connectivity index (χ4v) is 3.56. The molecule has 0 atom stereocenters. The van der Waals surface area contributed by atoms with Gasteiger partial charge in [-0.25, -0.2) is 9.78 Å². The van der Waals surface area contributed by atoms with Crippen LogP contribution in [0.3, 0.4) is 0 Å². The maximum Gasteiger partial charge on any atom is 0.332 e. The van der Waals surface area contributed by atoms with Crippen molar-refractivity contribution in [2.45, 2.75) is 38.3 Å². The zero-order valence-electron chi connectivity index (χ0n) is 13.0. The molecule has 0 aromatic carbocycles. The van der Waals surface area contributed by atoms with Crippen molar-refractivity contribution in [1.29, 1.82) is 0 Å². The summed E-state index contributed by atoms with van der Waals surface area (Å²) in [5.41, 5.74) is -0.423. The van der Waals surface area contributed by atoms with Gasteiger partial charge in [-0.3, -0.25) is 23.3 Å². The van der Waals surface area contributed by atoms with Crippen LogP contribution in [-0.2, 0) is 25.4 Å². The van der Waals surface area contributed by atoms with Crippen molar-refractivity contribution >= 4 is 33.0 Å². The monoisotopic (exact) mass is 383 g/mol. The first-order chi connectivity index (χ1) is 10.9. The summed E-state index contributed by atoms with van der Waals surface area (Å²) in [6.07, 6.45) is 4.26. The van der Waals surface area contributed by atoms with E-state index in [1.807, 2.05) is 0 Å². The predicted octanol–water partition coefficient (Wildman–Crippen LogP) is 0.255. The summed E-state index contributed by atoms with van der Waals surface area (Å²) >= 11 is 3.28. The number of halogens is 1. The zero-order valence-corrected chi connectivity index (χ0v) is 14.6. The summed E-state index contributed by atoms with van der Waals surface area (Å²) in [5, 5.41) is 2.99. The fraction of sp³-hybridized carbons (Fsp3) is 0.571. The van der Waals surface area contributed by atoms with Gasteiger partial charge in [-0.2, -0.15) is 0 Å². The highest BCUT2D eigenvalue weighted by atomic mass is 79.9. The van der Waals surface area contributed by atoms with E-state index in [-0.39, 0.29) is 24.0 Å². The molecule has 1 fully saturated rings. The minimum Gasteiger partial charge on any atom is -0.352 e. The maximum absolute atomic E-state index is 12.3. The molecule has 1 amide bonds. The Bertz CT molecular complexity index is 888. The lowest BCUT2D eigenvalue weighted by Gasteiger charge is -2.13. The van der Waals surface area contributed by atoms with Crippen molar-refractivity contribution < 1.29 is 4.79 Å². The second kappa shape index (κ2) is 5.95. The molecule has 0 radical (unpaired) electrons. The van der Waals surface area contributed by atoms with E-state index in [0.29, 0.717) is 10.4 Å². The third kappa shape index (κ3) is 2.73. The van der Waals surface area contributed by atoms with Gasteiger partial charge in [0.05, 0.1) is 0 Å². The third-order valence-electron chi connectivity index (χ3n) is 4.32. The van der Waals surface area contributed by atoms with Gasteiger partial charge in [0.1, 0.15) is 6.54 Å². The summed E-state index contributed by atoms with van der Waals surface area (Å²) in [6, 6.07) is 0.216. The summed E-state index contributed by atoms with van der Waals surface area (Å²) < 4.78 is 4.23. The SMILES string of the molecule is Cn1c(=O)c2nc(Br)n(CC(=O)NC3CCCC3)c2n(C)c1=O.